The van der Waals surface area contributed by atoms with Crippen LogP contribution in [-0.2, 0) is 33.2 Å². The third-order valence-electron chi connectivity index (χ3n) is 7.88. The minimum absolute atomic E-state index is 0.755. The zero-order chi connectivity index (χ0) is 34.5. The van der Waals surface area contributed by atoms with E-state index in [0.717, 1.165) is 6.92 Å². The molecule has 0 aromatic carbocycles. The van der Waals surface area contributed by atoms with E-state index < -0.39 is 149 Å². The number of aliphatic hydroxyl groups excluding tert-OH is 13. The van der Waals surface area contributed by atoms with Crippen LogP contribution < -0.4 is 5.32 Å². The first-order chi connectivity index (χ1) is 21.7. The molecule has 3 rings (SSSR count). The second kappa shape index (κ2) is 17.4. The molecule has 21 nitrogen and oxygen atoms in total. The molecule has 0 saturated carbocycles. The van der Waals surface area contributed by atoms with Gasteiger partial charge in [0, 0.05) is 6.92 Å². The summed E-state index contributed by atoms with van der Waals surface area (Å²) in [5, 5.41) is 133. The molecule has 270 valence electrons. The monoisotopic (exact) mass is 679 g/mol. The minimum Gasteiger partial charge on any atom is -0.394 e. The van der Waals surface area contributed by atoms with Gasteiger partial charge in [-0.1, -0.05) is 0 Å². The van der Waals surface area contributed by atoms with Crippen LogP contribution in [0.4, 0.5) is 0 Å². The highest BCUT2D eigenvalue weighted by atomic mass is 16.8. The fourth-order valence-electron chi connectivity index (χ4n) is 5.23. The van der Waals surface area contributed by atoms with Gasteiger partial charge in [0.2, 0.25) is 5.91 Å². The lowest BCUT2D eigenvalue weighted by Crippen LogP contribution is -2.70. The summed E-state index contributed by atoms with van der Waals surface area (Å²) in [4.78, 5) is 12.3. The maximum Gasteiger partial charge on any atom is 0.217 e. The molecule has 0 aliphatic carbocycles. The van der Waals surface area contributed by atoms with Gasteiger partial charge in [-0.05, 0) is 0 Å². The normalized spacial score (nSPS) is 43.9. The van der Waals surface area contributed by atoms with Crippen molar-refractivity contribution in [1.29, 1.82) is 0 Å². The van der Waals surface area contributed by atoms with Crippen molar-refractivity contribution in [3.63, 3.8) is 0 Å². The Morgan fingerprint density at radius 2 is 1.11 bits per heavy atom. The lowest BCUT2D eigenvalue weighted by molar-refractivity contribution is -0.375. The van der Waals surface area contributed by atoms with Gasteiger partial charge in [-0.3, -0.25) is 4.79 Å². The lowest BCUT2D eigenvalue weighted by Gasteiger charge is -2.50. The number of ether oxygens (including phenoxy) is 6. The molecule has 0 aromatic rings. The van der Waals surface area contributed by atoms with E-state index in [-0.39, 0.29) is 0 Å². The molecular formula is C25H45NO20. The van der Waals surface area contributed by atoms with Gasteiger partial charge in [-0.2, -0.15) is 0 Å². The molecular weight excluding hydrogens is 634 g/mol. The SMILES string of the molecule is CC(=O)N[C@H]1[C@H](OC[C@H](O)[C@H](O)[C@H](O)CO)O[C@H](CO)[C@H](O[C@H]2O[C@H](CO)[C@@H](O)[C@H](O)[C@H]2O)[C@@H]1O[C@@H]1O[C@H](CO)[C@@H](O)[C@H](O)[C@H]1O. The highest BCUT2D eigenvalue weighted by Crippen LogP contribution is 2.34. The Kier molecular flexibility index (Phi) is 14.8. The van der Waals surface area contributed by atoms with E-state index in [4.69, 9.17) is 33.5 Å². The Morgan fingerprint density at radius 3 is 1.54 bits per heavy atom. The summed E-state index contributed by atoms with van der Waals surface area (Å²) < 4.78 is 33.9. The molecule has 0 aromatic heterocycles. The molecule has 3 heterocycles. The summed E-state index contributed by atoms with van der Waals surface area (Å²) in [6.45, 7) is -3.25. The summed E-state index contributed by atoms with van der Waals surface area (Å²) in [5.41, 5.74) is 0. The Hall–Kier alpha value is -1.29. The standard InChI is InChI=1S/C25H45NO20/c1-7(31)26-13-22(46-25-20(40)18(38)16(36)11(4-29)43-25)21(45-24-19(39)17(37)15(35)10(3-28)42-24)12(5-30)44-23(13)41-6-9(33)14(34)8(32)2-27/h8-25,27-30,32-40H,2-6H2,1H3,(H,26,31)/t8-,9+,10-,11-,12-,13-,14-,15-,16-,17+,18+,19-,20-,21+,22-,23-,24-,25+/m1/s1. The minimum atomic E-state index is -1.99. The zero-order valence-electron chi connectivity index (χ0n) is 24.6. The first-order valence-electron chi connectivity index (χ1n) is 14.4. The molecule has 14 N–H and O–H groups in total. The zero-order valence-corrected chi connectivity index (χ0v) is 24.6. The maximum atomic E-state index is 12.3. The Labute approximate surface area is 261 Å². The molecule has 0 spiro atoms. The number of hydrogen-bond donors (Lipinski definition) is 14. The van der Waals surface area contributed by atoms with Crippen molar-refractivity contribution in [3.05, 3.63) is 0 Å². The van der Waals surface area contributed by atoms with E-state index in [2.05, 4.69) is 5.32 Å². The highest BCUT2D eigenvalue weighted by molar-refractivity contribution is 5.73. The lowest BCUT2D eigenvalue weighted by atomic mass is 9.94. The summed E-state index contributed by atoms with van der Waals surface area (Å²) in [7, 11) is 0. The van der Waals surface area contributed by atoms with Gasteiger partial charge in [0.15, 0.2) is 18.9 Å². The van der Waals surface area contributed by atoms with E-state index in [1.165, 1.54) is 0 Å². The van der Waals surface area contributed by atoms with Crippen LogP contribution in [-0.4, -0.2) is 216 Å². The Balaban J connectivity index is 2.00. The Morgan fingerprint density at radius 1 is 0.652 bits per heavy atom. The molecule has 18 atom stereocenters. The van der Waals surface area contributed by atoms with Crippen LogP contribution in [0.2, 0.25) is 0 Å². The second-order valence-electron chi connectivity index (χ2n) is 11.2. The topological polar surface area (TPSA) is 347 Å². The van der Waals surface area contributed by atoms with E-state index in [1.54, 1.807) is 0 Å². The van der Waals surface area contributed by atoms with Crippen LogP contribution in [0, 0.1) is 0 Å². The second-order valence-corrected chi connectivity index (χ2v) is 11.2. The van der Waals surface area contributed by atoms with Gasteiger partial charge in [-0.15, -0.1) is 0 Å². The molecule has 3 fully saturated rings. The van der Waals surface area contributed by atoms with Crippen LogP contribution in [0.3, 0.4) is 0 Å². The average Bonchev–Trinajstić information content (AvgIpc) is 3.04. The molecule has 0 unspecified atom stereocenters. The van der Waals surface area contributed by atoms with Crippen LogP contribution in [0.5, 0.6) is 0 Å². The van der Waals surface area contributed by atoms with Crippen molar-refractivity contribution in [1.82, 2.24) is 5.32 Å². The number of carbonyl (C=O) groups is 1. The number of amides is 1. The third-order valence-corrected chi connectivity index (χ3v) is 7.88. The summed E-state index contributed by atoms with van der Waals surface area (Å²) in [6.07, 6.45) is -30.1. The van der Waals surface area contributed by atoms with Crippen LogP contribution in [0.25, 0.3) is 0 Å². The quantitative estimate of drug-likeness (QED) is 0.0810. The fraction of sp³-hybridized carbons (Fsp3) is 0.960. The molecule has 3 saturated heterocycles. The van der Waals surface area contributed by atoms with Gasteiger partial charge in [0.25, 0.3) is 0 Å². The number of hydrogen-bond acceptors (Lipinski definition) is 20. The van der Waals surface area contributed by atoms with Gasteiger partial charge in [0.05, 0.1) is 33.0 Å². The van der Waals surface area contributed by atoms with E-state index >= 15 is 0 Å². The number of carbonyl (C=O) groups excluding carboxylic acids is 1. The van der Waals surface area contributed by atoms with Crippen molar-refractivity contribution in [2.24, 2.45) is 0 Å². The first kappa shape index (κ1) is 39.2. The number of aliphatic hydroxyl groups is 13. The van der Waals surface area contributed by atoms with Crippen molar-refractivity contribution in [2.45, 2.75) is 117 Å². The number of nitrogens with one attached hydrogen (secondary N) is 1. The predicted molar refractivity (Wildman–Crippen MR) is 142 cm³/mol. The van der Waals surface area contributed by atoms with Crippen molar-refractivity contribution < 1.29 is 99.6 Å². The van der Waals surface area contributed by atoms with Crippen LogP contribution >= 0.6 is 0 Å². The molecule has 0 radical (unpaired) electrons. The van der Waals surface area contributed by atoms with E-state index in [9.17, 15) is 66.1 Å². The predicted octanol–water partition coefficient (Wildman–Crippen LogP) is -9.33. The summed E-state index contributed by atoms with van der Waals surface area (Å²) >= 11 is 0. The van der Waals surface area contributed by atoms with Gasteiger partial charge in [-0.25, -0.2) is 0 Å². The molecule has 3 aliphatic heterocycles. The molecule has 0 bridgehead atoms. The van der Waals surface area contributed by atoms with E-state index in [0.29, 0.717) is 0 Å². The van der Waals surface area contributed by atoms with Crippen LogP contribution in [0.1, 0.15) is 6.92 Å². The fourth-order valence-corrected chi connectivity index (χ4v) is 5.23. The van der Waals surface area contributed by atoms with E-state index in [1.807, 2.05) is 0 Å². The largest absolute Gasteiger partial charge is 0.394 e. The van der Waals surface area contributed by atoms with Crippen molar-refractivity contribution in [2.75, 3.05) is 33.0 Å². The smallest absolute Gasteiger partial charge is 0.217 e. The molecule has 21 heteroatoms. The number of rotatable bonds is 14. The summed E-state index contributed by atoms with van der Waals surface area (Å²) in [6, 6.07) is -1.56. The average molecular weight is 680 g/mol. The highest BCUT2D eigenvalue weighted by Gasteiger charge is 2.55. The summed E-state index contributed by atoms with van der Waals surface area (Å²) in [5.74, 6) is -0.755. The third kappa shape index (κ3) is 8.83. The molecule has 46 heavy (non-hydrogen) atoms. The first-order valence-corrected chi connectivity index (χ1v) is 14.4. The van der Waals surface area contributed by atoms with Gasteiger partial charge in [0.1, 0.15) is 91.5 Å². The van der Waals surface area contributed by atoms with Crippen molar-refractivity contribution >= 4 is 5.91 Å². The van der Waals surface area contributed by atoms with Gasteiger partial charge >= 0.3 is 0 Å². The Bertz CT molecular complexity index is 932. The van der Waals surface area contributed by atoms with Crippen LogP contribution in [0.15, 0.2) is 0 Å². The van der Waals surface area contributed by atoms with Crippen molar-refractivity contribution in [3.8, 4) is 0 Å². The maximum absolute atomic E-state index is 12.3. The van der Waals surface area contributed by atoms with Gasteiger partial charge < -0.3 is 100 Å². The molecule has 1 amide bonds. The molecule has 3 aliphatic rings.